The molecule has 1 fully saturated rings. The van der Waals surface area contributed by atoms with Gasteiger partial charge in [0.1, 0.15) is 5.78 Å². The molecule has 1 aliphatic heterocycles. The summed E-state index contributed by atoms with van der Waals surface area (Å²) in [6.07, 6.45) is 8.94. The summed E-state index contributed by atoms with van der Waals surface area (Å²) in [6.45, 7) is 8.14. The fraction of sp³-hybridized carbons (Fsp3) is 0.750. The van der Waals surface area contributed by atoms with Gasteiger partial charge in [0.25, 0.3) is 0 Å². The van der Waals surface area contributed by atoms with Gasteiger partial charge >= 0.3 is 0 Å². The molecule has 138 valence electrons. The molecular weight excluding hydrogens is 304 g/mol. The highest BCUT2D eigenvalue weighted by atomic mass is 16.6. The van der Waals surface area contributed by atoms with Crippen molar-refractivity contribution in [1.29, 1.82) is 0 Å². The molecule has 3 unspecified atom stereocenters. The number of aliphatic hydroxyl groups is 2. The van der Waals surface area contributed by atoms with Gasteiger partial charge in [-0.05, 0) is 58.4 Å². The Morgan fingerprint density at radius 1 is 1.29 bits per heavy atom. The molecule has 4 nitrogen and oxygen atoms in total. The van der Waals surface area contributed by atoms with E-state index >= 15 is 0 Å². The average Bonchev–Trinajstić information content (AvgIpc) is 3.19. The number of hydrogen-bond acceptors (Lipinski definition) is 4. The standard InChI is InChI=1S/C20H34O4/c1-15(2)7-9-18(23)16(3)6-5-12-20(4)19(24-20)10-8-17(14-22)11-13-21/h7,11,16,19,21-22H,5-6,8-10,12-14H2,1-4H3/b17-11-. The molecule has 0 radical (unpaired) electrons. The molecule has 1 heterocycles. The summed E-state index contributed by atoms with van der Waals surface area (Å²) in [4.78, 5) is 12.0. The van der Waals surface area contributed by atoms with Crippen LogP contribution >= 0.6 is 0 Å². The average molecular weight is 338 g/mol. The normalized spacial score (nSPS) is 24.6. The van der Waals surface area contributed by atoms with Crippen molar-refractivity contribution in [1.82, 2.24) is 0 Å². The number of carbonyl (C=O) groups is 1. The second kappa shape index (κ2) is 10.1. The Balaban J connectivity index is 2.25. The van der Waals surface area contributed by atoms with Crippen LogP contribution in [0.1, 0.15) is 66.2 Å². The van der Waals surface area contributed by atoms with Crippen molar-refractivity contribution in [2.24, 2.45) is 5.92 Å². The predicted molar refractivity (Wildman–Crippen MR) is 96.8 cm³/mol. The van der Waals surface area contributed by atoms with Crippen molar-refractivity contribution in [3.8, 4) is 0 Å². The van der Waals surface area contributed by atoms with Gasteiger partial charge in [-0.25, -0.2) is 0 Å². The van der Waals surface area contributed by atoms with E-state index in [0.717, 1.165) is 37.7 Å². The third kappa shape index (κ3) is 7.29. The van der Waals surface area contributed by atoms with Gasteiger partial charge in [-0.3, -0.25) is 4.79 Å². The summed E-state index contributed by atoms with van der Waals surface area (Å²) in [5, 5.41) is 18.1. The molecule has 1 rings (SSSR count). The zero-order valence-corrected chi connectivity index (χ0v) is 15.7. The number of rotatable bonds is 12. The fourth-order valence-corrected chi connectivity index (χ4v) is 2.99. The summed E-state index contributed by atoms with van der Waals surface area (Å²) in [5.41, 5.74) is 1.98. The molecule has 0 aliphatic carbocycles. The van der Waals surface area contributed by atoms with Gasteiger partial charge in [-0.15, -0.1) is 0 Å². The fourth-order valence-electron chi connectivity index (χ4n) is 2.99. The van der Waals surface area contributed by atoms with Crippen LogP contribution in [0.4, 0.5) is 0 Å². The third-order valence-corrected chi connectivity index (χ3v) is 4.92. The molecule has 0 aromatic rings. The van der Waals surface area contributed by atoms with E-state index in [0.29, 0.717) is 12.2 Å². The van der Waals surface area contributed by atoms with E-state index in [2.05, 4.69) is 6.92 Å². The third-order valence-electron chi connectivity index (χ3n) is 4.92. The van der Waals surface area contributed by atoms with Gasteiger partial charge in [0.2, 0.25) is 0 Å². The first-order valence-electron chi connectivity index (χ1n) is 9.06. The Morgan fingerprint density at radius 2 is 2.00 bits per heavy atom. The maximum Gasteiger partial charge on any atom is 0.139 e. The van der Waals surface area contributed by atoms with Gasteiger partial charge in [0, 0.05) is 12.3 Å². The summed E-state index contributed by atoms with van der Waals surface area (Å²) in [6, 6.07) is 0. The number of aliphatic hydroxyl groups excluding tert-OH is 2. The smallest absolute Gasteiger partial charge is 0.139 e. The molecule has 2 N–H and O–H groups in total. The molecule has 1 saturated heterocycles. The van der Waals surface area contributed by atoms with Crippen molar-refractivity contribution >= 4 is 5.78 Å². The maximum absolute atomic E-state index is 12.0. The SMILES string of the molecule is CC(C)=CCC(=O)C(C)CCCC1(C)OC1CC/C(=C/CO)CO. The predicted octanol–water partition coefficient (Wildman–Crippen LogP) is 3.57. The van der Waals surface area contributed by atoms with Crippen LogP contribution in [-0.4, -0.2) is 40.9 Å². The molecule has 0 amide bonds. The highest BCUT2D eigenvalue weighted by molar-refractivity contribution is 5.82. The number of epoxide rings is 1. The number of allylic oxidation sites excluding steroid dienone is 2. The number of carbonyl (C=O) groups excluding carboxylic acids is 1. The molecule has 4 heteroatoms. The lowest BCUT2D eigenvalue weighted by Gasteiger charge is -2.11. The summed E-state index contributed by atoms with van der Waals surface area (Å²) < 4.78 is 5.83. The number of Topliss-reactive ketones (excluding diaryl/α,β-unsaturated/α-hetero) is 1. The van der Waals surface area contributed by atoms with E-state index < -0.39 is 0 Å². The van der Waals surface area contributed by atoms with Crippen molar-refractivity contribution < 1.29 is 19.7 Å². The lowest BCUT2D eigenvalue weighted by Crippen LogP contribution is -2.14. The largest absolute Gasteiger partial charge is 0.392 e. The van der Waals surface area contributed by atoms with E-state index in [-0.39, 0.29) is 30.8 Å². The quantitative estimate of drug-likeness (QED) is 0.421. The first kappa shape index (κ1) is 21.1. The molecule has 1 aliphatic rings. The van der Waals surface area contributed by atoms with Crippen LogP contribution in [0.25, 0.3) is 0 Å². The van der Waals surface area contributed by atoms with E-state index in [1.54, 1.807) is 6.08 Å². The van der Waals surface area contributed by atoms with Crippen molar-refractivity contribution in [3.63, 3.8) is 0 Å². The maximum atomic E-state index is 12.0. The Kier molecular flexibility index (Phi) is 8.88. The van der Waals surface area contributed by atoms with Gasteiger partial charge < -0.3 is 14.9 Å². The molecule has 3 atom stereocenters. The monoisotopic (exact) mass is 338 g/mol. The van der Waals surface area contributed by atoms with Crippen molar-refractivity contribution in [2.75, 3.05) is 13.2 Å². The lowest BCUT2D eigenvalue weighted by atomic mass is 9.91. The Hall–Kier alpha value is -0.970. The summed E-state index contributed by atoms with van der Waals surface area (Å²) >= 11 is 0. The molecule has 0 aromatic carbocycles. The molecule has 0 saturated carbocycles. The second-order valence-corrected chi connectivity index (χ2v) is 7.41. The zero-order valence-electron chi connectivity index (χ0n) is 15.7. The first-order chi connectivity index (χ1) is 11.3. The van der Waals surface area contributed by atoms with Crippen LogP contribution in [0.3, 0.4) is 0 Å². The Bertz CT molecular complexity index is 462. The van der Waals surface area contributed by atoms with E-state index in [4.69, 9.17) is 9.84 Å². The van der Waals surface area contributed by atoms with Gasteiger partial charge in [-0.2, -0.15) is 0 Å². The van der Waals surface area contributed by atoms with Crippen LogP contribution < -0.4 is 0 Å². The molecule has 0 aromatic heterocycles. The van der Waals surface area contributed by atoms with Gasteiger partial charge in [0.05, 0.1) is 24.9 Å². The Labute approximate surface area is 146 Å². The minimum Gasteiger partial charge on any atom is -0.392 e. The van der Waals surface area contributed by atoms with Crippen molar-refractivity contribution in [2.45, 2.75) is 77.9 Å². The number of hydrogen-bond donors (Lipinski definition) is 2. The number of ketones is 1. The molecular formula is C20H34O4. The molecule has 24 heavy (non-hydrogen) atoms. The zero-order chi connectivity index (χ0) is 18.2. The Morgan fingerprint density at radius 3 is 2.58 bits per heavy atom. The summed E-state index contributed by atoms with van der Waals surface area (Å²) in [7, 11) is 0. The van der Waals surface area contributed by atoms with Crippen LogP contribution in [0, 0.1) is 5.92 Å². The second-order valence-electron chi connectivity index (χ2n) is 7.41. The summed E-state index contributed by atoms with van der Waals surface area (Å²) in [5.74, 6) is 0.422. The van der Waals surface area contributed by atoms with E-state index in [1.165, 1.54) is 5.57 Å². The minimum atomic E-state index is -0.0809. The number of ether oxygens (including phenoxy) is 1. The van der Waals surface area contributed by atoms with Gasteiger partial charge in [-0.1, -0.05) is 24.6 Å². The lowest BCUT2D eigenvalue weighted by molar-refractivity contribution is -0.121. The van der Waals surface area contributed by atoms with Gasteiger partial charge in [0.15, 0.2) is 0 Å². The van der Waals surface area contributed by atoms with Crippen LogP contribution in [0.15, 0.2) is 23.3 Å². The van der Waals surface area contributed by atoms with Crippen molar-refractivity contribution in [3.05, 3.63) is 23.3 Å². The molecule has 0 spiro atoms. The van der Waals surface area contributed by atoms with E-state index in [9.17, 15) is 9.90 Å². The van der Waals surface area contributed by atoms with Crippen LogP contribution in [-0.2, 0) is 9.53 Å². The van der Waals surface area contributed by atoms with Crippen LogP contribution in [0.5, 0.6) is 0 Å². The topological polar surface area (TPSA) is 70.1 Å². The molecule has 0 bridgehead atoms. The highest BCUT2D eigenvalue weighted by Crippen LogP contribution is 2.43. The van der Waals surface area contributed by atoms with E-state index in [1.807, 2.05) is 26.8 Å². The van der Waals surface area contributed by atoms with Crippen LogP contribution in [0.2, 0.25) is 0 Å². The minimum absolute atomic E-state index is 0.00466. The first-order valence-corrected chi connectivity index (χ1v) is 9.06. The highest BCUT2D eigenvalue weighted by Gasteiger charge is 2.50.